The van der Waals surface area contributed by atoms with E-state index in [-0.39, 0.29) is 24.3 Å². The Bertz CT molecular complexity index is 1090. The number of hydrogen-bond acceptors (Lipinski definition) is 6. The Kier molecular flexibility index (Phi) is 4.90. The van der Waals surface area contributed by atoms with Crippen LogP contribution in [-0.4, -0.2) is 63.0 Å². The summed E-state index contributed by atoms with van der Waals surface area (Å²) in [5, 5.41) is 10.5. The van der Waals surface area contributed by atoms with Gasteiger partial charge in [0.2, 0.25) is 17.7 Å². The van der Waals surface area contributed by atoms with Gasteiger partial charge in [0.1, 0.15) is 5.69 Å². The van der Waals surface area contributed by atoms with Gasteiger partial charge in [0.15, 0.2) is 0 Å². The van der Waals surface area contributed by atoms with Crippen molar-refractivity contribution in [2.45, 2.75) is 31.6 Å². The van der Waals surface area contributed by atoms with Crippen molar-refractivity contribution < 1.29 is 14.0 Å². The minimum atomic E-state index is -0.00888. The predicted octanol–water partition coefficient (Wildman–Crippen LogP) is 2.61. The van der Waals surface area contributed by atoms with E-state index in [9.17, 15) is 9.59 Å². The molecule has 2 aliphatic rings. The van der Waals surface area contributed by atoms with Crippen LogP contribution in [-0.2, 0) is 9.59 Å². The molecule has 1 atom stereocenters. The summed E-state index contributed by atoms with van der Waals surface area (Å²) in [4.78, 5) is 32.4. The van der Waals surface area contributed by atoms with E-state index < -0.39 is 0 Å². The van der Waals surface area contributed by atoms with Crippen LogP contribution in [0.4, 0.5) is 0 Å². The van der Waals surface area contributed by atoms with Crippen LogP contribution >= 0.6 is 0 Å². The first-order chi connectivity index (χ1) is 14.7. The normalized spacial score (nSPS) is 19.6. The van der Waals surface area contributed by atoms with Crippen molar-refractivity contribution in [1.29, 1.82) is 0 Å². The number of piperidine rings is 1. The zero-order valence-corrected chi connectivity index (χ0v) is 16.7. The maximum Gasteiger partial charge on any atom is 0.266 e. The molecule has 0 unspecified atom stereocenters. The molecule has 0 spiro atoms. The first-order valence-corrected chi connectivity index (χ1v) is 10.4. The van der Waals surface area contributed by atoms with Crippen molar-refractivity contribution in [3.05, 3.63) is 42.4 Å². The van der Waals surface area contributed by atoms with Gasteiger partial charge in [-0.3, -0.25) is 14.6 Å². The molecule has 30 heavy (non-hydrogen) atoms. The molecule has 0 saturated carbocycles. The van der Waals surface area contributed by atoms with Crippen LogP contribution in [0.15, 0.2) is 40.9 Å². The molecular weight excluding hydrogens is 382 g/mol. The Labute approximate surface area is 173 Å². The lowest BCUT2D eigenvalue weighted by Crippen LogP contribution is -2.45. The molecule has 2 aliphatic heterocycles. The molecule has 1 aromatic carbocycles. The highest BCUT2D eigenvalue weighted by molar-refractivity contribution is 5.92. The van der Waals surface area contributed by atoms with Gasteiger partial charge >= 0.3 is 0 Å². The third-order valence-corrected chi connectivity index (χ3v) is 5.94. The fourth-order valence-electron chi connectivity index (χ4n) is 4.33. The van der Waals surface area contributed by atoms with E-state index in [1.807, 2.05) is 35.2 Å². The molecule has 8 nitrogen and oxygen atoms in total. The molecule has 0 radical (unpaired) electrons. The number of rotatable bonds is 4. The molecule has 4 heterocycles. The topological polar surface area (TPSA) is 92.4 Å². The Balaban J connectivity index is 1.32. The van der Waals surface area contributed by atoms with Crippen LogP contribution in [0.1, 0.15) is 37.5 Å². The number of amides is 2. The lowest BCUT2D eigenvalue weighted by Gasteiger charge is -2.32. The lowest BCUT2D eigenvalue weighted by atomic mass is 9.98. The number of hydrogen-bond donors (Lipinski definition) is 0. The van der Waals surface area contributed by atoms with Crippen LogP contribution in [0.5, 0.6) is 0 Å². The quantitative estimate of drug-likeness (QED) is 0.663. The van der Waals surface area contributed by atoms with E-state index in [2.05, 4.69) is 15.2 Å². The lowest BCUT2D eigenvalue weighted by molar-refractivity contribution is -0.139. The van der Waals surface area contributed by atoms with E-state index in [1.165, 1.54) is 0 Å². The number of carbonyl (C=O) groups is 2. The molecule has 2 fully saturated rings. The number of fused-ring (bicyclic) bond motifs is 1. The molecule has 0 N–H and O–H groups in total. The van der Waals surface area contributed by atoms with Gasteiger partial charge in [-0.2, -0.15) is 0 Å². The standard InChI is InChI=1S/C22H23N5O3/c28-18-8-4-12-27(18)14-19(29)26-11-3-6-16(13-26)21-24-25-22(30-21)20-17-7-2-1-5-15(17)9-10-23-20/h1-2,5,7,9-10,16H,3-4,6,8,11-14H2/t16-/m1/s1. The molecular formula is C22H23N5O3. The van der Waals surface area contributed by atoms with E-state index in [1.54, 1.807) is 11.1 Å². The molecule has 0 aliphatic carbocycles. The van der Waals surface area contributed by atoms with Gasteiger partial charge in [-0.25, -0.2) is 0 Å². The van der Waals surface area contributed by atoms with E-state index >= 15 is 0 Å². The van der Waals surface area contributed by atoms with E-state index in [0.717, 1.165) is 30.0 Å². The predicted molar refractivity (Wildman–Crippen MR) is 109 cm³/mol. The zero-order chi connectivity index (χ0) is 20.5. The summed E-state index contributed by atoms with van der Waals surface area (Å²) in [7, 11) is 0. The molecule has 3 aromatic rings. The summed E-state index contributed by atoms with van der Waals surface area (Å²) in [5.74, 6) is 0.988. The minimum Gasteiger partial charge on any atom is -0.419 e. The zero-order valence-electron chi connectivity index (χ0n) is 16.7. The van der Waals surface area contributed by atoms with Gasteiger partial charge < -0.3 is 14.2 Å². The van der Waals surface area contributed by atoms with Crippen LogP contribution in [0.3, 0.4) is 0 Å². The molecule has 154 valence electrons. The number of carbonyl (C=O) groups excluding carboxylic acids is 2. The minimum absolute atomic E-state index is 0.00629. The largest absolute Gasteiger partial charge is 0.419 e. The monoisotopic (exact) mass is 405 g/mol. The van der Waals surface area contributed by atoms with Gasteiger partial charge in [-0.1, -0.05) is 24.3 Å². The molecule has 0 bridgehead atoms. The highest BCUT2D eigenvalue weighted by atomic mass is 16.4. The van der Waals surface area contributed by atoms with Crippen molar-refractivity contribution in [3.8, 4) is 11.6 Å². The third-order valence-electron chi connectivity index (χ3n) is 5.94. The van der Waals surface area contributed by atoms with Crippen LogP contribution in [0.25, 0.3) is 22.4 Å². The van der Waals surface area contributed by atoms with Crippen LogP contribution in [0, 0.1) is 0 Å². The number of aromatic nitrogens is 3. The molecule has 8 heteroatoms. The van der Waals surface area contributed by atoms with Crippen molar-refractivity contribution in [3.63, 3.8) is 0 Å². The Morgan fingerprint density at radius 1 is 1.13 bits per heavy atom. The highest BCUT2D eigenvalue weighted by Crippen LogP contribution is 2.30. The van der Waals surface area contributed by atoms with Gasteiger partial charge in [-0.05, 0) is 30.7 Å². The number of likely N-dealkylation sites (tertiary alicyclic amines) is 2. The van der Waals surface area contributed by atoms with Gasteiger partial charge in [-0.15, -0.1) is 10.2 Å². The van der Waals surface area contributed by atoms with Crippen LogP contribution in [0.2, 0.25) is 0 Å². The average molecular weight is 405 g/mol. The Hall–Kier alpha value is -3.29. The molecule has 2 amide bonds. The molecule has 2 saturated heterocycles. The first kappa shape index (κ1) is 18.7. The third kappa shape index (κ3) is 3.53. The summed E-state index contributed by atoms with van der Waals surface area (Å²) in [6.07, 6.45) is 4.87. The van der Waals surface area contributed by atoms with Gasteiger partial charge in [0.25, 0.3) is 5.89 Å². The van der Waals surface area contributed by atoms with Crippen molar-refractivity contribution >= 4 is 22.6 Å². The second-order valence-corrected chi connectivity index (χ2v) is 7.92. The highest BCUT2D eigenvalue weighted by Gasteiger charge is 2.31. The van der Waals surface area contributed by atoms with Crippen molar-refractivity contribution in [2.24, 2.45) is 0 Å². The maximum absolute atomic E-state index is 12.7. The molecule has 2 aromatic heterocycles. The van der Waals surface area contributed by atoms with E-state index in [0.29, 0.717) is 43.5 Å². The summed E-state index contributed by atoms with van der Waals surface area (Å²) >= 11 is 0. The maximum atomic E-state index is 12.7. The fraction of sp³-hybridized carbons (Fsp3) is 0.409. The van der Waals surface area contributed by atoms with Crippen molar-refractivity contribution in [1.82, 2.24) is 25.0 Å². The smallest absolute Gasteiger partial charge is 0.266 e. The Morgan fingerprint density at radius 3 is 2.90 bits per heavy atom. The second kappa shape index (κ2) is 7.85. The fourth-order valence-corrected chi connectivity index (χ4v) is 4.33. The van der Waals surface area contributed by atoms with E-state index in [4.69, 9.17) is 4.42 Å². The second-order valence-electron chi connectivity index (χ2n) is 7.92. The average Bonchev–Trinajstić information content (AvgIpc) is 3.43. The van der Waals surface area contributed by atoms with Gasteiger partial charge in [0, 0.05) is 37.6 Å². The Morgan fingerprint density at radius 2 is 2.03 bits per heavy atom. The summed E-state index contributed by atoms with van der Waals surface area (Å²) in [5.41, 5.74) is 0.670. The molecule has 5 rings (SSSR count). The van der Waals surface area contributed by atoms with Crippen LogP contribution < -0.4 is 0 Å². The number of nitrogens with zero attached hydrogens (tertiary/aromatic N) is 5. The first-order valence-electron chi connectivity index (χ1n) is 10.4. The van der Waals surface area contributed by atoms with Gasteiger partial charge in [0.05, 0.1) is 12.5 Å². The van der Waals surface area contributed by atoms with Crippen molar-refractivity contribution in [2.75, 3.05) is 26.2 Å². The number of benzene rings is 1. The number of pyridine rings is 1. The summed E-state index contributed by atoms with van der Waals surface area (Å²) in [6, 6.07) is 9.90. The summed E-state index contributed by atoms with van der Waals surface area (Å²) < 4.78 is 6.01. The SMILES string of the molecule is O=C1CCCN1CC(=O)N1CCC[C@@H](c2nnc(-c3nccc4ccccc34)o2)C1. The summed E-state index contributed by atoms with van der Waals surface area (Å²) in [6.45, 7) is 2.07.